The number of aromatic nitrogens is 3. The minimum Gasteiger partial charge on any atom is -0.455 e. The highest BCUT2D eigenvalue weighted by atomic mass is 79.9. The Labute approximate surface area is 337 Å². The van der Waals surface area contributed by atoms with Crippen LogP contribution in [0.25, 0.3) is 11.0 Å². The summed E-state index contributed by atoms with van der Waals surface area (Å²) in [5.41, 5.74) is 1.20. The lowest BCUT2D eigenvalue weighted by molar-refractivity contribution is -0.163. The molecule has 4 aromatic rings. The van der Waals surface area contributed by atoms with Crippen molar-refractivity contribution in [2.75, 3.05) is 26.9 Å². The summed E-state index contributed by atoms with van der Waals surface area (Å²) in [6, 6.07) is 22.9. The van der Waals surface area contributed by atoms with Crippen LogP contribution < -0.4 is 5.32 Å². The molecule has 0 unspecified atom stereocenters. The van der Waals surface area contributed by atoms with Gasteiger partial charge in [0.1, 0.15) is 42.0 Å². The number of cyclic esters (lactones) is 1. The first-order valence-corrected chi connectivity index (χ1v) is 19.8. The van der Waals surface area contributed by atoms with Crippen molar-refractivity contribution in [2.45, 2.75) is 61.9 Å². The van der Waals surface area contributed by atoms with Crippen LogP contribution in [0.1, 0.15) is 30.1 Å². The van der Waals surface area contributed by atoms with Crippen molar-refractivity contribution < 1.29 is 38.5 Å². The summed E-state index contributed by atoms with van der Waals surface area (Å²) in [5, 5.41) is 22.7. The summed E-state index contributed by atoms with van der Waals surface area (Å²) in [5.74, 6) is -4.36. The molecule has 8 atom stereocenters. The van der Waals surface area contributed by atoms with Crippen molar-refractivity contribution in [1.29, 1.82) is 0 Å². The van der Waals surface area contributed by atoms with E-state index in [1.54, 1.807) is 46.0 Å². The maximum absolute atomic E-state index is 15.4. The number of fused-ring (bicyclic) bond motifs is 3. The summed E-state index contributed by atoms with van der Waals surface area (Å²) in [6.07, 6.45) is 4.14. The fraction of sp³-hybridized carbons (Fsp3) is 0.381. The van der Waals surface area contributed by atoms with E-state index in [0.717, 1.165) is 5.56 Å². The highest BCUT2D eigenvalue weighted by molar-refractivity contribution is 9.11. The van der Waals surface area contributed by atoms with Gasteiger partial charge in [-0.3, -0.25) is 19.2 Å². The number of amides is 3. The van der Waals surface area contributed by atoms with Crippen LogP contribution in [0.5, 0.6) is 0 Å². The maximum atomic E-state index is 15.4. The number of allylic oxidation sites excluding steroid dienone is 1. The highest BCUT2D eigenvalue weighted by Gasteiger charge is 2.75. The molecule has 3 aromatic carbocycles. The standard InChI is InChI=1S/C42H43BrN6O8/c1-55-24-31-36(27-15-7-3-8-16-27)56-41(54)34-35-39(52)49(28(23-50)21-26-13-5-2-6-14-26)38(42(35)22-29(43)37(34)57-42)40(53)47(20-12-4-9-19-33(51)44-31)25-48-32-18-11-10-17-30(32)45-46-48/h2-8,10-18,22,28,31,34-38,50H,9,19-21,23-25H2,1H3,(H,44,51)/b12-4-/t28-,31-,34+,35-,36-,37+,38+,42-/m1/s1. The van der Waals surface area contributed by atoms with E-state index in [-0.39, 0.29) is 38.6 Å². The van der Waals surface area contributed by atoms with Crippen molar-refractivity contribution in [3.05, 3.63) is 119 Å². The molecule has 1 spiro atoms. The Morgan fingerprint density at radius 1 is 0.965 bits per heavy atom. The minimum absolute atomic E-state index is 0.0306. The van der Waals surface area contributed by atoms with Crippen LogP contribution in [0.15, 0.2) is 108 Å². The van der Waals surface area contributed by atoms with Crippen LogP contribution in [0.3, 0.4) is 0 Å². The van der Waals surface area contributed by atoms with Gasteiger partial charge in [-0.1, -0.05) is 106 Å². The second-order valence-electron chi connectivity index (χ2n) is 14.8. The normalized spacial score (nSPS) is 28.9. The molecule has 296 valence electrons. The Morgan fingerprint density at radius 3 is 2.46 bits per heavy atom. The number of para-hydroxylation sites is 1. The van der Waals surface area contributed by atoms with Gasteiger partial charge in [-0.05, 0) is 42.2 Å². The number of rotatable bonds is 9. The van der Waals surface area contributed by atoms with Crippen LogP contribution in [-0.2, 0) is 46.5 Å². The van der Waals surface area contributed by atoms with Crippen LogP contribution in [0.2, 0.25) is 0 Å². The molecule has 5 heterocycles. The van der Waals surface area contributed by atoms with Crippen LogP contribution >= 0.6 is 15.9 Å². The molecular formula is C42H43BrN6O8. The van der Waals surface area contributed by atoms with E-state index in [0.29, 0.717) is 27.5 Å². The second kappa shape index (κ2) is 16.3. The van der Waals surface area contributed by atoms with Crippen molar-refractivity contribution in [3.8, 4) is 0 Å². The molecule has 57 heavy (non-hydrogen) atoms. The predicted molar refractivity (Wildman–Crippen MR) is 210 cm³/mol. The summed E-state index contributed by atoms with van der Waals surface area (Å²) >= 11 is 3.63. The van der Waals surface area contributed by atoms with Gasteiger partial charge in [-0.15, -0.1) is 5.10 Å². The van der Waals surface area contributed by atoms with Crippen LogP contribution in [0, 0.1) is 11.8 Å². The Hall–Kier alpha value is -5.22. The van der Waals surface area contributed by atoms with Crippen molar-refractivity contribution >= 4 is 50.7 Å². The van der Waals surface area contributed by atoms with Gasteiger partial charge < -0.3 is 34.4 Å². The molecule has 4 aliphatic rings. The molecular weight excluding hydrogens is 796 g/mol. The molecule has 5 bridgehead atoms. The Kier molecular flexibility index (Phi) is 11.1. The van der Waals surface area contributed by atoms with Gasteiger partial charge >= 0.3 is 5.97 Å². The number of likely N-dealkylation sites (tertiary alicyclic amines) is 1. The Morgan fingerprint density at radius 2 is 1.70 bits per heavy atom. The first kappa shape index (κ1) is 38.6. The second-order valence-corrected chi connectivity index (χ2v) is 15.7. The third kappa shape index (κ3) is 7.17. The molecule has 3 amide bonds. The zero-order valence-electron chi connectivity index (χ0n) is 31.2. The first-order chi connectivity index (χ1) is 27.7. The number of nitrogens with zero attached hydrogens (tertiary/aromatic N) is 5. The first-order valence-electron chi connectivity index (χ1n) is 19.0. The lowest BCUT2D eigenvalue weighted by atomic mass is 9.74. The van der Waals surface area contributed by atoms with Gasteiger partial charge in [-0.2, -0.15) is 0 Å². The van der Waals surface area contributed by atoms with Crippen LogP contribution in [0.4, 0.5) is 0 Å². The van der Waals surface area contributed by atoms with Gasteiger partial charge in [0.05, 0.1) is 36.7 Å². The summed E-state index contributed by atoms with van der Waals surface area (Å²) in [6.45, 7) is -0.386. The highest BCUT2D eigenvalue weighted by Crippen LogP contribution is 2.59. The van der Waals surface area contributed by atoms with Gasteiger partial charge in [-0.25, -0.2) is 4.68 Å². The lowest BCUT2D eigenvalue weighted by Crippen LogP contribution is -2.59. The average molecular weight is 840 g/mol. The van der Waals surface area contributed by atoms with E-state index < -0.39 is 72.2 Å². The number of nitrogens with one attached hydrogen (secondary N) is 1. The van der Waals surface area contributed by atoms with Gasteiger partial charge in [0.15, 0.2) is 0 Å². The summed E-state index contributed by atoms with van der Waals surface area (Å²) in [7, 11) is 1.50. The molecule has 4 aliphatic heterocycles. The molecule has 2 N–H and O–H groups in total. The molecule has 0 saturated carbocycles. The van der Waals surface area contributed by atoms with E-state index in [2.05, 4.69) is 31.6 Å². The Balaban J connectivity index is 1.25. The third-order valence-corrected chi connectivity index (χ3v) is 12.0. The summed E-state index contributed by atoms with van der Waals surface area (Å²) < 4.78 is 20.8. The third-order valence-electron chi connectivity index (χ3n) is 11.3. The fourth-order valence-corrected chi connectivity index (χ4v) is 9.47. The number of aliphatic hydroxyl groups is 1. The molecule has 8 rings (SSSR count). The summed E-state index contributed by atoms with van der Waals surface area (Å²) in [4.78, 5) is 61.7. The van der Waals surface area contributed by atoms with Crippen molar-refractivity contribution in [1.82, 2.24) is 30.1 Å². The molecule has 14 nitrogen and oxygen atoms in total. The van der Waals surface area contributed by atoms with Crippen molar-refractivity contribution in [3.63, 3.8) is 0 Å². The number of hydrogen-bond donors (Lipinski definition) is 2. The lowest BCUT2D eigenvalue weighted by Gasteiger charge is -2.38. The van der Waals surface area contributed by atoms with E-state index in [1.807, 2.05) is 66.7 Å². The number of hydrogen-bond acceptors (Lipinski definition) is 10. The Bertz CT molecular complexity index is 2200. The largest absolute Gasteiger partial charge is 0.455 e. The number of methoxy groups -OCH3 is 1. The average Bonchev–Trinajstić information content (AvgIpc) is 3.95. The number of aliphatic hydroxyl groups excluding tert-OH is 1. The van der Waals surface area contributed by atoms with Gasteiger partial charge in [0.2, 0.25) is 11.8 Å². The molecule has 1 aromatic heterocycles. The van der Waals surface area contributed by atoms with Crippen LogP contribution in [-0.4, -0.2) is 110 Å². The number of carbonyl (C=O) groups is 4. The van der Waals surface area contributed by atoms with Crippen molar-refractivity contribution in [2.24, 2.45) is 11.8 Å². The number of halogens is 1. The molecule has 0 radical (unpaired) electrons. The topological polar surface area (TPSA) is 165 Å². The number of benzene rings is 3. The van der Waals surface area contributed by atoms with E-state index in [9.17, 15) is 14.7 Å². The van der Waals surface area contributed by atoms with E-state index in [4.69, 9.17) is 14.2 Å². The molecule has 2 saturated heterocycles. The number of esters is 1. The quantitative estimate of drug-likeness (QED) is 0.189. The van der Waals surface area contributed by atoms with Gasteiger partial charge in [0.25, 0.3) is 5.91 Å². The SMILES string of the molecule is COC[C@H]1NC(=O)CC/C=C\CN(Cn2nnc3ccccc32)C(=O)[C@@H]2N([C@@H](CO)Cc3ccccc3)C(=O)[C@H]3[C@H](C(=O)O[C@@H]1c1ccccc1)[C@H]1O[C@@]23C=C1Br. The number of ether oxygens (including phenoxy) is 3. The number of carbonyl (C=O) groups excluding carboxylic acids is 4. The fourth-order valence-electron chi connectivity index (χ4n) is 8.74. The smallest absolute Gasteiger partial charge is 0.313 e. The zero-order chi connectivity index (χ0) is 39.7. The maximum Gasteiger partial charge on any atom is 0.313 e. The van der Waals surface area contributed by atoms with E-state index in [1.165, 1.54) is 12.0 Å². The van der Waals surface area contributed by atoms with Gasteiger partial charge in [0, 0.05) is 24.6 Å². The predicted octanol–water partition coefficient (Wildman–Crippen LogP) is 3.46. The molecule has 2 fully saturated rings. The molecule has 15 heteroatoms. The molecule has 0 aliphatic carbocycles. The minimum atomic E-state index is -1.60. The van der Waals surface area contributed by atoms with E-state index >= 15 is 9.59 Å². The monoisotopic (exact) mass is 838 g/mol. The zero-order valence-corrected chi connectivity index (χ0v) is 32.8.